The Morgan fingerprint density at radius 2 is 1.53 bits per heavy atom. The second-order valence-electron chi connectivity index (χ2n) is 4.84. The van der Waals surface area contributed by atoms with Gasteiger partial charge in [0.25, 0.3) is 0 Å². The molecule has 0 saturated carbocycles. The van der Waals surface area contributed by atoms with Crippen LogP contribution in [0.3, 0.4) is 0 Å². The van der Waals surface area contributed by atoms with Crippen molar-refractivity contribution in [1.29, 1.82) is 0 Å². The lowest BCUT2D eigenvalue weighted by molar-refractivity contribution is -0.137. The van der Waals surface area contributed by atoms with Gasteiger partial charge in [0, 0.05) is 45.9 Å². The number of rotatable bonds is 5. The number of hydrogen-bond acceptors (Lipinski definition) is 3. The van der Waals surface area contributed by atoms with Gasteiger partial charge >= 0.3 is 5.97 Å². The van der Waals surface area contributed by atoms with Gasteiger partial charge in [-0.15, -0.1) is 0 Å². The smallest absolute Gasteiger partial charge is 0.303 e. The molecule has 108 valence electrons. The third kappa shape index (κ3) is 5.72. The normalized spacial score (nSPS) is 16.1. The maximum Gasteiger partial charge on any atom is 0.303 e. The lowest BCUT2D eigenvalue weighted by Gasteiger charge is -2.21. The van der Waals surface area contributed by atoms with Crippen molar-refractivity contribution in [3.8, 4) is 0 Å². The molecule has 1 aliphatic rings. The summed E-state index contributed by atoms with van der Waals surface area (Å²) in [4.78, 5) is 37.1. The molecule has 0 spiro atoms. The first kappa shape index (κ1) is 15.5. The molecule has 1 heterocycles. The third-order valence-corrected chi connectivity index (χ3v) is 3.33. The summed E-state index contributed by atoms with van der Waals surface area (Å²) < 4.78 is 0. The molecule has 0 bridgehead atoms. The monoisotopic (exact) mass is 270 g/mol. The summed E-state index contributed by atoms with van der Waals surface area (Å²) in [6, 6.07) is 0. The number of carboxylic acids is 1. The Bertz CT molecular complexity index is 344. The highest BCUT2D eigenvalue weighted by Gasteiger charge is 2.19. The minimum atomic E-state index is -0.820. The van der Waals surface area contributed by atoms with E-state index in [1.165, 1.54) is 0 Å². The molecule has 0 aromatic rings. The summed E-state index contributed by atoms with van der Waals surface area (Å²) in [6.45, 7) is 4.11. The van der Waals surface area contributed by atoms with Gasteiger partial charge in [0.05, 0.1) is 0 Å². The van der Waals surface area contributed by atoms with Gasteiger partial charge in [-0.3, -0.25) is 14.4 Å². The van der Waals surface area contributed by atoms with Crippen LogP contribution in [0.25, 0.3) is 0 Å². The van der Waals surface area contributed by atoms with E-state index in [4.69, 9.17) is 5.11 Å². The predicted octanol–water partition coefficient (Wildman–Crippen LogP) is 0.712. The van der Waals surface area contributed by atoms with Crippen molar-refractivity contribution in [3.05, 3.63) is 0 Å². The first-order chi connectivity index (χ1) is 9.00. The summed E-state index contributed by atoms with van der Waals surface area (Å²) >= 11 is 0. The number of hydrogen-bond donors (Lipinski definition) is 1. The number of carbonyl (C=O) groups excluding carboxylic acids is 2. The van der Waals surface area contributed by atoms with E-state index in [9.17, 15) is 14.4 Å². The molecule has 0 atom stereocenters. The van der Waals surface area contributed by atoms with Crippen molar-refractivity contribution < 1.29 is 19.5 Å². The first-order valence-corrected chi connectivity index (χ1v) is 6.76. The van der Waals surface area contributed by atoms with Crippen LogP contribution in [0.1, 0.15) is 39.0 Å². The van der Waals surface area contributed by atoms with Gasteiger partial charge in [-0.25, -0.2) is 0 Å². The summed E-state index contributed by atoms with van der Waals surface area (Å²) in [6.07, 6.45) is 2.46. The number of carbonyl (C=O) groups is 3. The quantitative estimate of drug-likeness (QED) is 0.746. The van der Waals surface area contributed by atoms with Gasteiger partial charge < -0.3 is 14.9 Å². The Hall–Kier alpha value is -1.59. The molecule has 0 unspecified atom stereocenters. The Kier molecular flexibility index (Phi) is 6.32. The fraction of sp³-hybridized carbons (Fsp3) is 0.769. The third-order valence-electron chi connectivity index (χ3n) is 3.33. The summed E-state index contributed by atoms with van der Waals surface area (Å²) in [5.41, 5.74) is 0. The highest BCUT2D eigenvalue weighted by atomic mass is 16.4. The van der Waals surface area contributed by atoms with Gasteiger partial charge in [-0.1, -0.05) is 0 Å². The standard InChI is InChI=1S/C13H22N2O4/c1-11(16)14-7-4-8-15(10-9-14)12(17)5-2-3-6-13(18)19/h2-10H2,1H3,(H,18,19). The fourth-order valence-corrected chi connectivity index (χ4v) is 2.19. The maximum absolute atomic E-state index is 11.9. The molecule has 6 nitrogen and oxygen atoms in total. The van der Waals surface area contributed by atoms with Gasteiger partial charge in [0.2, 0.25) is 11.8 Å². The molecule has 0 aromatic heterocycles. The Morgan fingerprint density at radius 1 is 0.947 bits per heavy atom. The van der Waals surface area contributed by atoms with Crippen LogP contribution in [0.15, 0.2) is 0 Å². The molecule has 0 aromatic carbocycles. The van der Waals surface area contributed by atoms with E-state index in [0.717, 1.165) is 6.42 Å². The van der Waals surface area contributed by atoms with Crippen LogP contribution >= 0.6 is 0 Å². The molecule has 1 rings (SSSR count). The SMILES string of the molecule is CC(=O)N1CCCN(C(=O)CCCCC(=O)O)CC1. The van der Waals surface area contributed by atoms with E-state index in [2.05, 4.69) is 0 Å². The Labute approximate surface area is 113 Å². The lowest BCUT2D eigenvalue weighted by atomic mass is 10.2. The van der Waals surface area contributed by atoms with Gasteiger partial charge in [-0.05, 0) is 19.3 Å². The second kappa shape index (κ2) is 7.76. The van der Waals surface area contributed by atoms with Crippen molar-refractivity contribution in [3.63, 3.8) is 0 Å². The summed E-state index contributed by atoms with van der Waals surface area (Å²) in [5, 5.41) is 8.51. The number of aliphatic carboxylic acids is 1. The molecule has 0 radical (unpaired) electrons. The van der Waals surface area contributed by atoms with Crippen molar-refractivity contribution in [2.24, 2.45) is 0 Å². The highest BCUT2D eigenvalue weighted by Crippen LogP contribution is 2.08. The zero-order valence-electron chi connectivity index (χ0n) is 11.4. The molecule has 0 aliphatic carbocycles. The van der Waals surface area contributed by atoms with Crippen molar-refractivity contribution in [2.45, 2.75) is 39.0 Å². The first-order valence-electron chi connectivity index (χ1n) is 6.76. The van der Waals surface area contributed by atoms with Gasteiger partial charge in [-0.2, -0.15) is 0 Å². The van der Waals surface area contributed by atoms with Gasteiger partial charge in [0.1, 0.15) is 0 Å². The molecular weight excluding hydrogens is 248 g/mol. The van der Waals surface area contributed by atoms with Crippen LogP contribution < -0.4 is 0 Å². The minimum Gasteiger partial charge on any atom is -0.481 e. The molecular formula is C13H22N2O4. The molecule has 19 heavy (non-hydrogen) atoms. The zero-order chi connectivity index (χ0) is 14.3. The van der Waals surface area contributed by atoms with Gasteiger partial charge in [0.15, 0.2) is 0 Å². The van der Waals surface area contributed by atoms with Crippen LogP contribution in [-0.2, 0) is 14.4 Å². The molecule has 1 N–H and O–H groups in total. The lowest BCUT2D eigenvalue weighted by Crippen LogP contribution is -2.36. The second-order valence-corrected chi connectivity index (χ2v) is 4.84. The summed E-state index contributed by atoms with van der Waals surface area (Å²) in [7, 11) is 0. The molecule has 6 heteroatoms. The number of nitrogens with zero attached hydrogens (tertiary/aromatic N) is 2. The Balaban J connectivity index is 2.29. The Morgan fingerprint density at radius 3 is 2.16 bits per heavy atom. The molecule has 1 fully saturated rings. The fourth-order valence-electron chi connectivity index (χ4n) is 2.19. The van der Waals surface area contributed by atoms with Crippen LogP contribution in [-0.4, -0.2) is 58.9 Å². The topological polar surface area (TPSA) is 77.9 Å². The van der Waals surface area contributed by atoms with E-state index >= 15 is 0 Å². The number of unbranched alkanes of at least 4 members (excludes halogenated alkanes) is 1. The highest BCUT2D eigenvalue weighted by molar-refractivity contribution is 5.77. The van der Waals surface area contributed by atoms with E-state index in [1.807, 2.05) is 0 Å². The van der Waals surface area contributed by atoms with Crippen molar-refractivity contribution >= 4 is 17.8 Å². The zero-order valence-corrected chi connectivity index (χ0v) is 11.4. The largest absolute Gasteiger partial charge is 0.481 e. The maximum atomic E-state index is 11.9. The van der Waals surface area contributed by atoms with E-state index in [0.29, 0.717) is 45.4 Å². The number of carboxylic acid groups (broad SMARTS) is 1. The van der Waals surface area contributed by atoms with Crippen LogP contribution in [0.4, 0.5) is 0 Å². The van der Waals surface area contributed by atoms with Crippen LogP contribution in [0.2, 0.25) is 0 Å². The molecule has 1 saturated heterocycles. The summed E-state index contributed by atoms with van der Waals surface area (Å²) in [5.74, 6) is -0.703. The number of amides is 2. The van der Waals surface area contributed by atoms with E-state index < -0.39 is 5.97 Å². The van der Waals surface area contributed by atoms with E-state index in [1.54, 1.807) is 16.7 Å². The predicted molar refractivity (Wildman–Crippen MR) is 69.6 cm³/mol. The average molecular weight is 270 g/mol. The minimum absolute atomic E-state index is 0.0516. The van der Waals surface area contributed by atoms with Crippen molar-refractivity contribution in [2.75, 3.05) is 26.2 Å². The molecule has 1 aliphatic heterocycles. The van der Waals surface area contributed by atoms with E-state index in [-0.39, 0.29) is 18.2 Å². The average Bonchev–Trinajstić information content (AvgIpc) is 2.59. The van der Waals surface area contributed by atoms with Crippen LogP contribution in [0.5, 0.6) is 0 Å². The van der Waals surface area contributed by atoms with Crippen molar-refractivity contribution in [1.82, 2.24) is 9.80 Å². The van der Waals surface area contributed by atoms with Crippen LogP contribution in [0, 0.1) is 0 Å². The molecule has 2 amide bonds.